The number of aromatic nitrogens is 3. The predicted molar refractivity (Wildman–Crippen MR) is 331 cm³/mol. The summed E-state index contributed by atoms with van der Waals surface area (Å²) >= 11 is 0. The summed E-state index contributed by atoms with van der Waals surface area (Å²) in [4.78, 5) is 0. The molecule has 2 aliphatic rings. The summed E-state index contributed by atoms with van der Waals surface area (Å²) in [5.41, 5.74) is 28.7. The minimum absolute atomic E-state index is 1.13. The van der Waals surface area contributed by atoms with Gasteiger partial charge < -0.3 is 13.7 Å². The summed E-state index contributed by atoms with van der Waals surface area (Å²) in [6.07, 6.45) is 4.66. The first-order chi connectivity index (χ1) is 39.1. The highest BCUT2D eigenvalue weighted by Gasteiger charge is 2.24. The molecule has 0 fully saturated rings. The van der Waals surface area contributed by atoms with Gasteiger partial charge >= 0.3 is 0 Å². The smallest absolute Gasteiger partial charge is 0.0641 e. The van der Waals surface area contributed by atoms with Crippen LogP contribution in [0.1, 0.15) is 22.3 Å². The van der Waals surface area contributed by atoms with Crippen LogP contribution < -0.4 is 0 Å². The van der Waals surface area contributed by atoms with Gasteiger partial charge in [0.05, 0.1) is 33.1 Å². The standard InChI is InChI=1S/C76H51N3/c1-2-13-48(14-3-1)51-15-10-16-52(39-51)55-19-12-20-62(44-55)77-70-24-7-5-22-66(70)69-47-63(35-37-73(69)77)78-72-26-9-6-23-68(72)75-74(78)38-36-67-65-21-4-8-25-71(65)79(76(67)75)64-45-60(43-61(46-64)59-34-30-50-28-32-57(50)42-59)54-18-11-17-53(40-54)58-33-29-49-27-31-56(49)41-58/h1-26,29-30,33-47H,27-28,31-32H2. The Morgan fingerprint density at radius 2 is 0.633 bits per heavy atom. The summed E-state index contributed by atoms with van der Waals surface area (Å²) in [6, 6.07) is 98.0. The highest BCUT2D eigenvalue weighted by Crippen LogP contribution is 2.45. The predicted octanol–water partition coefficient (Wildman–Crippen LogP) is 19.5. The van der Waals surface area contributed by atoms with Gasteiger partial charge in [0.15, 0.2) is 0 Å². The van der Waals surface area contributed by atoms with Crippen LogP contribution in [0.3, 0.4) is 0 Å². The molecule has 2 aliphatic carbocycles. The molecule has 0 saturated carbocycles. The number of benzene rings is 12. The van der Waals surface area contributed by atoms with E-state index >= 15 is 0 Å². The van der Waals surface area contributed by atoms with Gasteiger partial charge in [-0.05, 0) is 189 Å². The lowest BCUT2D eigenvalue weighted by Crippen LogP contribution is -2.07. The fraction of sp³-hybridized carbons (Fsp3) is 0.0526. The number of nitrogens with zero attached hydrogens (tertiary/aromatic N) is 3. The van der Waals surface area contributed by atoms with Gasteiger partial charge in [0, 0.05) is 49.4 Å². The molecule has 0 saturated heterocycles. The zero-order chi connectivity index (χ0) is 51.7. The zero-order valence-corrected chi connectivity index (χ0v) is 43.5. The maximum absolute atomic E-state index is 2.57. The van der Waals surface area contributed by atoms with Gasteiger partial charge in [-0.15, -0.1) is 0 Å². The molecule has 0 spiro atoms. The Morgan fingerprint density at radius 3 is 1.28 bits per heavy atom. The molecule has 3 nitrogen and oxygen atoms in total. The first-order valence-corrected chi connectivity index (χ1v) is 27.9. The number of hydrogen-bond acceptors (Lipinski definition) is 0. The third-order valence-electron chi connectivity index (χ3n) is 17.6. The van der Waals surface area contributed by atoms with E-state index in [0.717, 1.165) is 23.5 Å². The van der Waals surface area contributed by atoms with Crippen molar-refractivity contribution in [1.29, 1.82) is 0 Å². The maximum atomic E-state index is 2.57. The molecule has 3 heteroatoms. The molecule has 17 rings (SSSR count). The lowest BCUT2D eigenvalue weighted by molar-refractivity contribution is 0.840. The minimum atomic E-state index is 1.13. The molecule has 0 radical (unpaired) electrons. The number of hydrogen-bond donors (Lipinski definition) is 0. The van der Waals surface area contributed by atoms with Crippen molar-refractivity contribution in [2.75, 3.05) is 0 Å². The van der Waals surface area contributed by atoms with Gasteiger partial charge in [-0.25, -0.2) is 0 Å². The molecule has 0 aliphatic heterocycles. The van der Waals surface area contributed by atoms with Gasteiger partial charge in [-0.3, -0.25) is 0 Å². The molecule has 0 amide bonds. The molecule has 12 aromatic carbocycles. The summed E-state index contributed by atoms with van der Waals surface area (Å²) in [7, 11) is 0. The Balaban J connectivity index is 0.859. The highest BCUT2D eigenvalue weighted by molar-refractivity contribution is 6.26. The van der Waals surface area contributed by atoms with E-state index in [1.165, 1.54) is 163 Å². The average molecular weight is 1010 g/mol. The monoisotopic (exact) mass is 1010 g/mol. The van der Waals surface area contributed by atoms with Crippen LogP contribution in [-0.2, 0) is 25.7 Å². The van der Waals surface area contributed by atoms with E-state index in [9.17, 15) is 0 Å². The van der Waals surface area contributed by atoms with Crippen molar-refractivity contribution in [2.24, 2.45) is 0 Å². The number of fused-ring (bicyclic) bond motifs is 12. The maximum Gasteiger partial charge on any atom is 0.0641 e. The van der Waals surface area contributed by atoms with Crippen molar-refractivity contribution in [3.8, 4) is 72.7 Å². The number of para-hydroxylation sites is 3. The molecular weight excluding hydrogens is 955 g/mol. The summed E-state index contributed by atoms with van der Waals surface area (Å²) in [6.45, 7) is 0. The third kappa shape index (κ3) is 6.92. The van der Waals surface area contributed by atoms with Gasteiger partial charge in [0.1, 0.15) is 0 Å². The van der Waals surface area contributed by atoms with Gasteiger partial charge in [0.25, 0.3) is 0 Å². The largest absolute Gasteiger partial charge is 0.309 e. The zero-order valence-electron chi connectivity index (χ0n) is 43.5. The van der Waals surface area contributed by atoms with Crippen LogP contribution in [0.5, 0.6) is 0 Å². The van der Waals surface area contributed by atoms with E-state index in [-0.39, 0.29) is 0 Å². The molecule has 0 atom stereocenters. The summed E-state index contributed by atoms with van der Waals surface area (Å²) < 4.78 is 7.52. The molecule has 79 heavy (non-hydrogen) atoms. The van der Waals surface area contributed by atoms with Gasteiger partial charge in [-0.1, -0.05) is 176 Å². The van der Waals surface area contributed by atoms with Crippen LogP contribution in [0.2, 0.25) is 0 Å². The van der Waals surface area contributed by atoms with E-state index in [1.807, 2.05) is 0 Å². The highest BCUT2D eigenvalue weighted by atomic mass is 15.0. The first kappa shape index (κ1) is 44.2. The molecule has 15 aromatic rings. The van der Waals surface area contributed by atoms with Crippen LogP contribution in [0.25, 0.3) is 138 Å². The Kier molecular flexibility index (Phi) is 9.67. The summed E-state index contributed by atoms with van der Waals surface area (Å²) in [5, 5.41) is 7.41. The average Bonchev–Trinajstić information content (AvgIpc) is 4.36. The molecule has 3 heterocycles. The minimum Gasteiger partial charge on any atom is -0.309 e. The molecular formula is C76H51N3. The van der Waals surface area contributed by atoms with Gasteiger partial charge in [-0.2, -0.15) is 0 Å². The Labute approximate surface area is 458 Å². The second kappa shape index (κ2) is 17.3. The Bertz CT molecular complexity index is 5020. The number of aryl methyl sites for hydroxylation is 4. The van der Waals surface area contributed by atoms with Crippen LogP contribution >= 0.6 is 0 Å². The van der Waals surface area contributed by atoms with E-state index in [2.05, 4.69) is 275 Å². The first-order valence-electron chi connectivity index (χ1n) is 27.9. The van der Waals surface area contributed by atoms with Crippen LogP contribution in [-0.4, -0.2) is 13.7 Å². The second-order valence-corrected chi connectivity index (χ2v) is 21.9. The van der Waals surface area contributed by atoms with Crippen LogP contribution in [0.4, 0.5) is 0 Å². The van der Waals surface area contributed by atoms with E-state index < -0.39 is 0 Å². The molecule has 0 N–H and O–H groups in total. The van der Waals surface area contributed by atoms with Gasteiger partial charge in [0.2, 0.25) is 0 Å². The van der Waals surface area contributed by atoms with E-state index in [1.54, 1.807) is 0 Å². The lowest BCUT2D eigenvalue weighted by atomic mass is 9.85. The molecule has 370 valence electrons. The quantitative estimate of drug-likeness (QED) is 0.144. The normalized spacial score (nSPS) is 12.9. The molecule has 0 bridgehead atoms. The van der Waals surface area contributed by atoms with Crippen molar-refractivity contribution in [1.82, 2.24) is 13.7 Å². The van der Waals surface area contributed by atoms with Crippen LogP contribution in [0, 0.1) is 0 Å². The fourth-order valence-electron chi connectivity index (χ4n) is 13.5. The molecule has 3 aromatic heterocycles. The Hall–Kier alpha value is -9.96. The SMILES string of the molecule is c1ccc(-c2cccc(-c3cccc(-n4c5ccccc5c5cc(-n6c7ccccc7c7c6ccc6c8ccccc8n(-c8cc(-c9cccc(-c%10ccc%11c(c%10)CC%11)c9)cc(-c9ccc%10c(c9)CC%10)c8)c67)ccc54)c3)c2)cc1. The molecule has 0 unspecified atom stereocenters. The topological polar surface area (TPSA) is 14.8 Å². The van der Waals surface area contributed by atoms with E-state index in [0.29, 0.717) is 0 Å². The number of rotatable bonds is 8. The van der Waals surface area contributed by atoms with Crippen LogP contribution in [0.15, 0.2) is 261 Å². The van der Waals surface area contributed by atoms with E-state index in [4.69, 9.17) is 0 Å². The fourth-order valence-corrected chi connectivity index (χ4v) is 13.5. The second-order valence-electron chi connectivity index (χ2n) is 21.9. The van der Waals surface area contributed by atoms with Crippen molar-refractivity contribution in [3.63, 3.8) is 0 Å². The summed E-state index contributed by atoms with van der Waals surface area (Å²) in [5.74, 6) is 0. The van der Waals surface area contributed by atoms with Crippen molar-refractivity contribution in [3.05, 3.63) is 283 Å². The van der Waals surface area contributed by atoms with Crippen molar-refractivity contribution >= 4 is 65.4 Å². The Morgan fingerprint density at radius 1 is 0.203 bits per heavy atom. The van der Waals surface area contributed by atoms with Crippen molar-refractivity contribution in [2.45, 2.75) is 25.7 Å². The third-order valence-corrected chi connectivity index (χ3v) is 17.6. The lowest BCUT2D eigenvalue weighted by Gasteiger charge is -2.21. The van der Waals surface area contributed by atoms with Crippen molar-refractivity contribution < 1.29 is 0 Å².